The van der Waals surface area contributed by atoms with Gasteiger partial charge in [-0.25, -0.2) is 0 Å². The van der Waals surface area contributed by atoms with Crippen LogP contribution in [0.2, 0.25) is 0 Å². The lowest BCUT2D eigenvalue weighted by atomic mass is 9.62. The summed E-state index contributed by atoms with van der Waals surface area (Å²) in [7, 11) is 2.09. The van der Waals surface area contributed by atoms with Gasteiger partial charge in [-0.2, -0.15) is 0 Å². The molecule has 1 aromatic heterocycles. The lowest BCUT2D eigenvalue weighted by Gasteiger charge is -2.56. The highest BCUT2D eigenvalue weighted by molar-refractivity contribution is 5.42. The summed E-state index contributed by atoms with van der Waals surface area (Å²) in [6, 6.07) is 10.5. The van der Waals surface area contributed by atoms with Crippen LogP contribution >= 0.6 is 0 Å². The number of pyridine rings is 1. The van der Waals surface area contributed by atoms with Gasteiger partial charge in [0.1, 0.15) is 5.60 Å². The van der Waals surface area contributed by atoms with Gasteiger partial charge in [-0.05, 0) is 61.4 Å². The summed E-state index contributed by atoms with van der Waals surface area (Å²) in [5, 5.41) is 23.2. The molecule has 2 aromatic rings. The highest BCUT2D eigenvalue weighted by Gasteiger charge is 2.55. The Balaban J connectivity index is 1.65. The largest absolute Gasteiger partial charge is 0.390 e. The number of likely N-dealkylation sites (tertiary alicyclic amines) is 1. The normalized spacial score (nSPS) is 22.3. The first-order chi connectivity index (χ1) is 15.2. The van der Waals surface area contributed by atoms with Gasteiger partial charge >= 0.3 is 0 Å². The zero-order chi connectivity index (χ0) is 23.0. The summed E-state index contributed by atoms with van der Waals surface area (Å²) in [5.74, 6) is 0.448. The molecule has 2 saturated heterocycles. The zero-order valence-electron chi connectivity index (χ0n) is 20.0. The molecule has 0 saturated carbocycles. The average Bonchev–Trinajstić information content (AvgIpc) is 2.77. The molecule has 32 heavy (non-hydrogen) atoms. The van der Waals surface area contributed by atoms with Crippen LogP contribution in [-0.4, -0.2) is 59.0 Å². The van der Waals surface area contributed by atoms with Crippen molar-refractivity contribution in [3.63, 3.8) is 0 Å². The molecule has 2 N–H and O–H groups in total. The van der Waals surface area contributed by atoms with E-state index < -0.39 is 11.2 Å². The molecule has 5 heteroatoms. The molecule has 174 valence electrons. The molecule has 1 unspecified atom stereocenters. The molecule has 2 fully saturated rings. The number of benzene rings is 1. The number of aryl methyl sites for hydroxylation is 1. The van der Waals surface area contributed by atoms with Gasteiger partial charge in [0.2, 0.25) is 0 Å². The van der Waals surface area contributed by atoms with Gasteiger partial charge in [-0.1, -0.05) is 45.0 Å². The second-order valence-electron chi connectivity index (χ2n) is 10.6. The van der Waals surface area contributed by atoms with Crippen LogP contribution in [0.15, 0.2) is 42.7 Å². The molecule has 0 aliphatic carbocycles. The molecule has 4 rings (SSSR count). The number of nitrogens with zero attached hydrogens (tertiary/aromatic N) is 2. The molecular formula is C27H38N2O3. The van der Waals surface area contributed by atoms with Crippen molar-refractivity contribution < 1.29 is 14.9 Å². The number of ether oxygens (including phenoxy) is 1. The molecule has 1 atom stereocenters. The van der Waals surface area contributed by atoms with Crippen molar-refractivity contribution in [2.24, 2.45) is 5.41 Å². The maximum atomic E-state index is 12.3. The van der Waals surface area contributed by atoms with Crippen LogP contribution in [0.25, 0.3) is 0 Å². The summed E-state index contributed by atoms with van der Waals surface area (Å²) < 4.78 is 5.41. The van der Waals surface area contributed by atoms with E-state index in [9.17, 15) is 10.2 Å². The Morgan fingerprint density at radius 2 is 1.75 bits per heavy atom. The lowest BCUT2D eigenvalue weighted by Crippen LogP contribution is -2.63. The average molecular weight is 439 g/mol. The SMILES string of the molecule is CC(C)c1ccc(C(O)(c2cncc(CCC3(O)CCOCC3)c2)C2(C)CN(C)C2)cc1. The van der Waals surface area contributed by atoms with Crippen LogP contribution in [0.4, 0.5) is 0 Å². The summed E-state index contributed by atoms with van der Waals surface area (Å²) in [6.07, 6.45) is 6.45. The first-order valence-corrected chi connectivity index (χ1v) is 11.9. The van der Waals surface area contributed by atoms with Crippen LogP contribution in [0.5, 0.6) is 0 Å². The summed E-state index contributed by atoms with van der Waals surface area (Å²) in [6.45, 7) is 9.41. The van der Waals surface area contributed by atoms with Gasteiger partial charge in [0, 0.05) is 49.7 Å². The Morgan fingerprint density at radius 1 is 1.09 bits per heavy atom. The number of aromatic nitrogens is 1. The minimum atomic E-state index is -1.13. The highest BCUT2D eigenvalue weighted by Crippen LogP contribution is 2.50. The number of hydrogen-bond donors (Lipinski definition) is 2. The molecule has 0 radical (unpaired) electrons. The predicted molar refractivity (Wildman–Crippen MR) is 127 cm³/mol. The summed E-state index contributed by atoms with van der Waals surface area (Å²) >= 11 is 0. The van der Waals surface area contributed by atoms with Crippen LogP contribution in [-0.2, 0) is 16.8 Å². The fourth-order valence-electron chi connectivity index (χ4n) is 5.55. The molecule has 3 heterocycles. The van der Waals surface area contributed by atoms with E-state index in [1.807, 2.05) is 12.4 Å². The maximum absolute atomic E-state index is 12.3. The van der Waals surface area contributed by atoms with Gasteiger partial charge in [-0.15, -0.1) is 0 Å². The van der Waals surface area contributed by atoms with Gasteiger partial charge in [0.15, 0.2) is 0 Å². The molecule has 2 aliphatic heterocycles. The fraction of sp³-hybridized carbons (Fsp3) is 0.593. The van der Waals surface area contributed by atoms with E-state index in [0.29, 0.717) is 38.4 Å². The van der Waals surface area contributed by atoms with E-state index >= 15 is 0 Å². The van der Waals surface area contributed by atoms with Gasteiger partial charge in [0.25, 0.3) is 0 Å². The predicted octanol–water partition coefficient (Wildman–Crippen LogP) is 3.87. The molecule has 0 spiro atoms. The molecular weight excluding hydrogens is 400 g/mol. The topological polar surface area (TPSA) is 65.8 Å². The Morgan fingerprint density at radius 3 is 2.34 bits per heavy atom. The van der Waals surface area contributed by atoms with E-state index in [4.69, 9.17) is 4.74 Å². The van der Waals surface area contributed by atoms with Crippen molar-refractivity contribution in [1.82, 2.24) is 9.88 Å². The van der Waals surface area contributed by atoms with Gasteiger partial charge in [0.05, 0.1) is 5.60 Å². The van der Waals surface area contributed by atoms with Crippen molar-refractivity contribution in [1.29, 1.82) is 0 Å². The van der Waals surface area contributed by atoms with Crippen LogP contribution < -0.4 is 0 Å². The first kappa shape index (κ1) is 23.4. The standard InChI is InChI=1S/C27H38N2O3/c1-20(2)22-5-7-23(8-6-22)27(31,25(3)18-29(4)19-25)24-15-21(16-28-17-24)9-10-26(30)11-13-32-14-12-26/h5-8,15-17,20,30-31H,9-14,18-19H2,1-4H3. The molecule has 0 amide bonds. The van der Waals surface area contributed by atoms with Crippen LogP contribution in [0.3, 0.4) is 0 Å². The van der Waals surface area contributed by atoms with Crippen LogP contribution in [0.1, 0.15) is 68.2 Å². The monoisotopic (exact) mass is 438 g/mol. The van der Waals surface area contributed by atoms with E-state index in [1.165, 1.54) is 5.56 Å². The Hall–Kier alpha value is -1.79. The smallest absolute Gasteiger partial charge is 0.124 e. The zero-order valence-corrected chi connectivity index (χ0v) is 20.0. The number of hydrogen-bond acceptors (Lipinski definition) is 5. The Kier molecular flexibility index (Phi) is 6.47. The first-order valence-electron chi connectivity index (χ1n) is 11.9. The maximum Gasteiger partial charge on any atom is 0.124 e. The summed E-state index contributed by atoms with van der Waals surface area (Å²) in [4.78, 5) is 6.76. The highest BCUT2D eigenvalue weighted by atomic mass is 16.5. The van der Waals surface area contributed by atoms with Crippen molar-refractivity contribution >= 4 is 0 Å². The molecule has 0 bridgehead atoms. The van der Waals surface area contributed by atoms with E-state index in [0.717, 1.165) is 36.2 Å². The Labute approximate surface area is 192 Å². The minimum absolute atomic E-state index is 0.305. The number of aliphatic hydroxyl groups is 2. The minimum Gasteiger partial charge on any atom is -0.390 e. The van der Waals surface area contributed by atoms with Gasteiger partial charge < -0.3 is 19.8 Å². The molecule has 5 nitrogen and oxygen atoms in total. The third-order valence-corrected chi connectivity index (χ3v) is 7.62. The third kappa shape index (κ3) is 4.36. The Bertz CT molecular complexity index is 915. The second kappa shape index (κ2) is 8.86. The van der Waals surface area contributed by atoms with Crippen LogP contribution in [0, 0.1) is 5.41 Å². The molecule has 2 aliphatic rings. The molecule has 1 aromatic carbocycles. The van der Waals surface area contributed by atoms with Gasteiger partial charge in [-0.3, -0.25) is 4.98 Å². The second-order valence-corrected chi connectivity index (χ2v) is 10.6. The lowest BCUT2D eigenvalue weighted by molar-refractivity contribution is -0.127. The van der Waals surface area contributed by atoms with Crippen molar-refractivity contribution in [2.45, 2.75) is 63.6 Å². The third-order valence-electron chi connectivity index (χ3n) is 7.62. The van der Waals surface area contributed by atoms with E-state index in [2.05, 4.69) is 68.0 Å². The van der Waals surface area contributed by atoms with Crippen molar-refractivity contribution in [2.75, 3.05) is 33.4 Å². The van der Waals surface area contributed by atoms with E-state index in [-0.39, 0.29) is 5.41 Å². The van der Waals surface area contributed by atoms with Crippen molar-refractivity contribution in [3.05, 3.63) is 65.0 Å². The van der Waals surface area contributed by atoms with Crippen molar-refractivity contribution in [3.8, 4) is 0 Å². The fourth-order valence-corrected chi connectivity index (χ4v) is 5.55. The van der Waals surface area contributed by atoms with E-state index in [1.54, 1.807) is 0 Å². The quantitative estimate of drug-likeness (QED) is 0.687. The summed E-state index contributed by atoms with van der Waals surface area (Å²) in [5.41, 5.74) is 1.97. The number of rotatable bonds is 7.